The fourth-order valence-electron chi connectivity index (χ4n) is 2.48. The lowest BCUT2D eigenvalue weighted by Crippen LogP contribution is -2.33. The molecule has 116 valence electrons. The second kappa shape index (κ2) is 5.82. The highest BCUT2D eigenvalue weighted by Gasteiger charge is 2.41. The van der Waals surface area contributed by atoms with Crippen LogP contribution >= 0.6 is 0 Å². The van der Waals surface area contributed by atoms with Crippen LogP contribution in [0.2, 0.25) is 0 Å². The molecule has 0 unspecified atom stereocenters. The fourth-order valence-corrected chi connectivity index (χ4v) is 3.43. The van der Waals surface area contributed by atoms with Gasteiger partial charge in [-0.25, -0.2) is 13.1 Å². The van der Waals surface area contributed by atoms with E-state index in [2.05, 4.69) is 21.8 Å². The highest BCUT2D eigenvalue weighted by atomic mass is 32.2. The lowest BCUT2D eigenvalue weighted by molar-refractivity contribution is 0.571. The van der Waals surface area contributed by atoms with E-state index in [9.17, 15) is 8.42 Å². The molecular formula is C17H20N2O2S. The van der Waals surface area contributed by atoms with E-state index >= 15 is 0 Å². The number of rotatable bonds is 5. The van der Waals surface area contributed by atoms with Gasteiger partial charge in [0.2, 0.25) is 10.0 Å². The smallest absolute Gasteiger partial charge is 0.214 e. The minimum absolute atomic E-state index is 0.0353. The summed E-state index contributed by atoms with van der Waals surface area (Å²) in [7, 11) is -3.19. The third kappa shape index (κ3) is 3.20. The van der Waals surface area contributed by atoms with E-state index in [0.29, 0.717) is 0 Å². The van der Waals surface area contributed by atoms with Crippen LogP contribution in [0.3, 0.4) is 0 Å². The number of nitrogens with one attached hydrogen (secondary N) is 1. The summed E-state index contributed by atoms with van der Waals surface area (Å²) in [6.07, 6.45) is 2.65. The van der Waals surface area contributed by atoms with Gasteiger partial charge in [-0.15, -0.1) is 0 Å². The number of aromatic nitrogens is 1. The summed E-state index contributed by atoms with van der Waals surface area (Å²) in [6.45, 7) is 3.39. The first-order valence-corrected chi connectivity index (χ1v) is 9.04. The molecule has 0 radical (unpaired) electrons. The minimum Gasteiger partial charge on any atom is -0.256 e. The zero-order chi connectivity index (χ0) is 15.7. The molecule has 5 heteroatoms. The highest BCUT2D eigenvalue weighted by molar-refractivity contribution is 7.90. The summed E-state index contributed by atoms with van der Waals surface area (Å²) in [5.74, 6) is 0.284. The Bertz CT molecular complexity index is 740. The number of sulfonamides is 1. The lowest BCUT2D eigenvalue weighted by Gasteiger charge is -2.09. The van der Waals surface area contributed by atoms with Gasteiger partial charge in [-0.2, -0.15) is 0 Å². The summed E-state index contributed by atoms with van der Waals surface area (Å²) in [5, 5.41) is -0.389. The molecule has 0 saturated heterocycles. The van der Waals surface area contributed by atoms with Gasteiger partial charge in [0.25, 0.3) is 0 Å². The standard InChI is InChI=1S/C17H20N2O2S/c1-12(2)22(20,21)19-17-11-15(17)13-6-8-14(9-7-13)16-5-3-4-10-18-16/h3-10,12,15,17,19H,11H2,1-2H3/t15-,17+/m1/s1. The Hall–Kier alpha value is -1.72. The van der Waals surface area contributed by atoms with E-state index in [0.717, 1.165) is 17.7 Å². The van der Waals surface area contributed by atoms with Crippen LogP contribution in [0, 0.1) is 0 Å². The van der Waals surface area contributed by atoms with Crippen LogP contribution in [-0.2, 0) is 10.0 Å². The first-order chi connectivity index (χ1) is 10.5. The molecule has 0 aliphatic heterocycles. The van der Waals surface area contributed by atoms with Crippen molar-refractivity contribution in [2.45, 2.75) is 37.5 Å². The summed E-state index contributed by atoms with van der Waals surface area (Å²) in [6, 6.07) is 14.1. The second-order valence-electron chi connectivity index (χ2n) is 6.00. The van der Waals surface area contributed by atoms with Gasteiger partial charge in [0.15, 0.2) is 0 Å². The van der Waals surface area contributed by atoms with E-state index in [4.69, 9.17) is 0 Å². The molecular weight excluding hydrogens is 296 g/mol. The number of benzene rings is 1. The van der Waals surface area contributed by atoms with Gasteiger partial charge in [0, 0.05) is 23.7 Å². The first-order valence-electron chi connectivity index (χ1n) is 7.50. The zero-order valence-electron chi connectivity index (χ0n) is 12.7. The summed E-state index contributed by atoms with van der Waals surface area (Å²) in [5.41, 5.74) is 3.20. The SMILES string of the molecule is CC(C)S(=O)(=O)N[C@H]1C[C@@H]1c1ccc(-c2ccccn2)cc1. The van der Waals surface area contributed by atoms with Crippen LogP contribution in [0.25, 0.3) is 11.3 Å². The average Bonchev–Trinajstić information content (AvgIpc) is 3.26. The van der Waals surface area contributed by atoms with Crippen molar-refractivity contribution in [3.63, 3.8) is 0 Å². The van der Waals surface area contributed by atoms with E-state index in [-0.39, 0.29) is 17.2 Å². The Morgan fingerprint density at radius 3 is 2.45 bits per heavy atom. The predicted octanol–water partition coefficient (Wildman–Crippen LogP) is 2.93. The molecule has 3 rings (SSSR count). The van der Waals surface area contributed by atoms with Crippen molar-refractivity contribution >= 4 is 10.0 Å². The average molecular weight is 316 g/mol. The third-order valence-corrected chi connectivity index (χ3v) is 5.90. The maximum Gasteiger partial charge on any atom is 0.214 e. The predicted molar refractivity (Wildman–Crippen MR) is 88.0 cm³/mol. The molecule has 1 heterocycles. The van der Waals surface area contributed by atoms with Gasteiger partial charge in [0.1, 0.15) is 0 Å². The quantitative estimate of drug-likeness (QED) is 0.922. The molecule has 2 atom stereocenters. The van der Waals surface area contributed by atoms with Crippen molar-refractivity contribution in [3.05, 3.63) is 54.2 Å². The zero-order valence-corrected chi connectivity index (χ0v) is 13.5. The Morgan fingerprint density at radius 2 is 1.86 bits per heavy atom. The minimum atomic E-state index is -3.19. The normalized spacial score (nSPS) is 21.0. The third-order valence-electron chi connectivity index (χ3n) is 4.03. The Morgan fingerprint density at radius 1 is 1.14 bits per heavy atom. The Kier molecular flexibility index (Phi) is 4.02. The summed E-state index contributed by atoms with van der Waals surface area (Å²) in [4.78, 5) is 4.33. The van der Waals surface area contributed by atoms with E-state index in [1.807, 2.05) is 30.3 Å². The summed E-state index contributed by atoms with van der Waals surface area (Å²) >= 11 is 0. The molecule has 0 amide bonds. The van der Waals surface area contributed by atoms with E-state index in [1.165, 1.54) is 5.56 Å². The number of hydrogen-bond donors (Lipinski definition) is 1. The Balaban J connectivity index is 1.68. The van der Waals surface area contributed by atoms with Crippen LogP contribution in [0.4, 0.5) is 0 Å². The topological polar surface area (TPSA) is 59.1 Å². The first kappa shape index (κ1) is 15.2. The van der Waals surface area contributed by atoms with Gasteiger partial charge in [-0.1, -0.05) is 30.3 Å². The van der Waals surface area contributed by atoms with Crippen LogP contribution in [0.5, 0.6) is 0 Å². The van der Waals surface area contributed by atoms with E-state index in [1.54, 1.807) is 20.0 Å². The fraction of sp³-hybridized carbons (Fsp3) is 0.353. The molecule has 2 aromatic rings. The number of hydrogen-bond acceptors (Lipinski definition) is 3. The largest absolute Gasteiger partial charge is 0.256 e. The lowest BCUT2D eigenvalue weighted by atomic mass is 10.1. The molecule has 1 saturated carbocycles. The van der Waals surface area contributed by atoms with Crippen LogP contribution in [0.15, 0.2) is 48.7 Å². The van der Waals surface area contributed by atoms with Crippen molar-refractivity contribution in [1.29, 1.82) is 0 Å². The van der Waals surface area contributed by atoms with Crippen molar-refractivity contribution in [3.8, 4) is 11.3 Å². The molecule has 1 aliphatic carbocycles. The molecule has 1 N–H and O–H groups in total. The molecule has 22 heavy (non-hydrogen) atoms. The number of nitrogens with zero attached hydrogens (tertiary/aromatic N) is 1. The molecule has 1 fully saturated rings. The maximum atomic E-state index is 11.9. The molecule has 1 aromatic heterocycles. The van der Waals surface area contributed by atoms with Crippen molar-refractivity contribution in [1.82, 2.24) is 9.71 Å². The molecule has 4 nitrogen and oxygen atoms in total. The second-order valence-corrected chi connectivity index (χ2v) is 8.27. The Labute approximate surface area is 131 Å². The highest BCUT2D eigenvalue weighted by Crippen LogP contribution is 2.41. The van der Waals surface area contributed by atoms with Crippen LogP contribution in [-0.4, -0.2) is 24.7 Å². The van der Waals surface area contributed by atoms with Gasteiger partial charge < -0.3 is 0 Å². The van der Waals surface area contributed by atoms with Crippen molar-refractivity contribution in [2.24, 2.45) is 0 Å². The van der Waals surface area contributed by atoms with Crippen LogP contribution in [0.1, 0.15) is 31.7 Å². The maximum absolute atomic E-state index is 11.9. The van der Waals surface area contributed by atoms with Gasteiger partial charge in [-0.05, 0) is 38.0 Å². The molecule has 0 bridgehead atoms. The van der Waals surface area contributed by atoms with E-state index < -0.39 is 10.0 Å². The van der Waals surface area contributed by atoms with Crippen molar-refractivity contribution < 1.29 is 8.42 Å². The van der Waals surface area contributed by atoms with Crippen molar-refractivity contribution in [2.75, 3.05) is 0 Å². The van der Waals surface area contributed by atoms with Crippen LogP contribution < -0.4 is 4.72 Å². The monoisotopic (exact) mass is 316 g/mol. The van der Waals surface area contributed by atoms with Gasteiger partial charge in [-0.3, -0.25) is 4.98 Å². The molecule has 1 aromatic carbocycles. The molecule has 0 spiro atoms. The van der Waals surface area contributed by atoms with Gasteiger partial charge >= 0.3 is 0 Å². The summed E-state index contributed by atoms with van der Waals surface area (Å²) < 4.78 is 26.5. The molecule has 1 aliphatic rings. The number of pyridine rings is 1. The van der Waals surface area contributed by atoms with Gasteiger partial charge in [0.05, 0.1) is 10.9 Å².